The molecule has 0 saturated carbocycles. The first-order valence-electron chi connectivity index (χ1n) is 11.8. The molecule has 0 bridgehead atoms. The molecule has 1 aliphatic rings. The van der Waals surface area contributed by atoms with Gasteiger partial charge < -0.3 is 0 Å². The molecule has 33 heavy (non-hydrogen) atoms. The van der Waals surface area contributed by atoms with E-state index in [0.29, 0.717) is 0 Å². The molecular formula is C33H22. The van der Waals surface area contributed by atoms with E-state index in [1.807, 2.05) is 0 Å². The standard InChI is InChI=1S/C33H22/c1-17-6-4-8-22-20(17)12-14-25-29(22)26-15-13-21-19(3)10-11-24-28-16-27-18(2)7-5-9-23(27)31(25)33(28)32(26)30(21)24/h4-16H,1-3H3. The zero-order valence-electron chi connectivity index (χ0n) is 19.0. The zero-order chi connectivity index (χ0) is 22.0. The van der Waals surface area contributed by atoms with Crippen molar-refractivity contribution in [1.82, 2.24) is 0 Å². The molecule has 0 heterocycles. The molecule has 0 aliphatic heterocycles. The van der Waals surface area contributed by atoms with Crippen LogP contribution >= 0.6 is 0 Å². The van der Waals surface area contributed by atoms with E-state index in [1.54, 1.807) is 0 Å². The van der Waals surface area contributed by atoms with Gasteiger partial charge in [-0.25, -0.2) is 0 Å². The van der Waals surface area contributed by atoms with E-state index >= 15 is 0 Å². The number of rotatable bonds is 0. The highest BCUT2D eigenvalue weighted by atomic mass is 14.3. The van der Waals surface area contributed by atoms with Crippen LogP contribution in [0.25, 0.3) is 75.8 Å². The van der Waals surface area contributed by atoms with Crippen molar-refractivity contribution >= 4 is 64.6 Å². The molecule has 0 atom stereocenters. The van der Waals surface area contributed by atoms with Gasteiger partial charge in [0.25, 0.3) is 0 Å². The van der Waals surface area contributed by atoms with E-state index in [9.17, 15) is 0 Å². The fourth-order valence-corrected chi connectivity index (χ4v) is 6.63. The Labute approximate surface area is 192 Å². The van der Waals surface area contributed by atoms with E-state index < -0.39 is 0 Å². The summed E-state index contributed by atoms with van der Waals surface area (Å²) in [6.45, 7) is 6.71. The van der Waals surface area contributed by atoms with E-state index in [0.717, 1.165) is 0 Å². The van der Waals surface area contributed by atoms with Crippen molar-refractivity contribution in [1.29, 1.82) is 0 Å². The van der Waals surface area contributed by atoms with Crippen LogP contribution in [-0.2, 0) is 0 Å². The Hall–Kier alpha value is -3.90. The lowest BCUT2D eigenvalue weighted by Crippen LogP contribution is -1.88. The molecule has 7 aromatic rings. The Kier molecular flexibility index (Phi) is 3.05. The van der Waals surface area contributed by atoms with Crippen molar-refractivity contribution in [2.75, 3.05) is 0 Å². The molecule has 1 aliphatic carbocycles. The molecule has 0 saturated heterocycles. The second kappa shape index (κ2) is 5.71. The number of benzene rings is 7. The molecule has 8 rings (SSSR count). The topological polar surface area (TPSA) is 0 Å². The van der Waals surface area contributed by atoms with Gasteiger partial charge in [0, 0.05) is 0 Å². The van der Waals surface area contributed by atoms with E-state index in [-0.39, 0.29) is 0 Å². The highest BCUT2D eigenvalue weighted by molar-refractivity contribution is 6.45. The normalized spacial score (nSPS) is 12.7. The van der Waals surface area contributed by atoms with Gasteiger partial charge in [-0.2, -0.15) is 0 Å². The molecule has 0 fully saturated rings. The first-order valence-corrected chi connectivity index (χ1v) is 11.8. The predicted molar refractivity (Wildman–Crippen MR) is 145 cm³/mol. The quantitative estimate of drug-likeness (QED) is 0.215. The van der Waals surface area contributed by atoms with Gasteiger partial charge >= 0.3 is 0 Å². The predicted octanol–water partition coefficient (Wildman–Crippen LogP) is 9.51. The first-order chi connectivity index (χ1) is 16.1. The number of hydrogen-bond acceptors (Lipinski definition) is 0. The van der Waals surface area contributed by atoms with Gasteiger partial charge in [0.15, 0.2) is 0 Å². The second-order valence-electron chi connectivity index (χ2n) is 9.84. The average Bonchev–Trinajstić information content (AvgIpc) is 3.16. The Balaban J connectivity index is 1.84. The summed E-state index contributed by atoms with van der Waals surface area (Å²) in [5.74, 6) is 0. The Morgan fingerprint density at radius 3 is 1.73 bits per heavy atom. The van der Waals surface area contributed by atoms with Crippen LogP contribution in [0.3, 0.4) is 0 Å². The third-order valence-electron chi connectivity index (χ3n) is 8.16. The Morgan fingerprint density at radius 1 is 0.333 bits per heavy atom. The summed E-state index contributed by atoms with van der Waals surface area (Å²) in [6, 6.07) is 30.1. The van der Waals surface area contributed by atoms with Crippen LogP contribution in [0.1, 0.15) is 16.7 Å². The van der Waals surface area contributed by atoms with Crippen molar-refractivity contribution in [3.8, 4) is 11.1 Å². The van der Waals surface area contributed by atoms with Crippen LogP contribution in [0, 0.1) is 20.8 Å². The summed E-state index contributed by atoms with van der Waals surface area (Å²) in [6.07, 6.45) is 0. The maximum absolute atomic E-state index is 2.45. The van der Waals surface area contributed by atoms with Crippen LogP contribution < -0.4 is 0 Å². The Bertz CT molecular complexity index is 2030. The van der Waals surface area contributed by atoms with Crippen LogP contribution in [0.15, 0.2) is 78.9 Å². The van der Waals surface area contributed by atoms with Crippen molar-refractivity contribution in [2.24, 2.45) is 0 Å². The lowest BCUT2D eigenvalue weighted by atomic mass is 9.87. The molecule has 0 heteroatoms. The fraction of sp³-hybridized carbons (Fsp3) is 0.0909. The van der Waals surface area contributed by atoms with Crippen molar-refractivity contribution in [3.05, 3.63) is 95.6 Å². The number of aryl methyl sites for hydroxylation is 3. The van der Waals surface area contributed by atoms with Crippen molar-refractivity contribution < 1.29 is 0 Å². The molecule has 0 nitrogen and oxygen atoms in total. The SMILES string of the molecule is Cc1cccc2c1ccc1c2c2ccc3c(C)ccc4c3c2c2c-4cc3c(C)cccc3c12. The minimum Gasteiger partial charge on any atom is -0.0613 e. The lowest BCUT2D eigenvalue weighted by molar-refractivity contribution is 1.53. The van der Waals surface area contributed by atoms with Crippen molar-refractivity contribution in [2.45, 2.75) is 20.8 Å². The first kappa shape index (κ1) is 17.6. The molecule has 0 unspecified atom stereocenters. The maximum Gasteiger partial charge on any atom is -0.000718 e. The second-order valence-corrected chi connectivity index (χ2v) is 9.84. The van der Waals surface area contributed by atoms with Gasteiger partial charge in [-0.3, -0.25) is 0 Å². The summed E-state index contributed by atoms with van der Waals surface area (Å²) in [5, 5.41) is 16.7. The van der Waals surface area contributed by atoms with Gasteiger partial charge in [-0.05, 0) is 119 Å². The molecule has 7 aromatic carbocycles. The molecule has 0 N–H and O–H groups in total. The molecular weight excluding hydrogens is 396 g/mol. The summed E-state index contributed by atoms with van der Waals surface area (Å²) in [7, 11) is 0. The van der Waals surface area contributed by atoms with Crippen LogP contribution in [0.4, 0.5) is 0 Å². The zero-order valence-corrected chi connectivity index (χ0v) is 19.0. The van der Waals surface area contributed by atoms with E-state index in [1.165, 1.54) is 92.5 Å². The van der Waals surface area contributed by atoms with Gasteiger partial charge in [-0.1, -0.05) is 72.8 Å². The minimum absolute atomic E-state index is 1.34. The maximum atomic E-state index is 2.45. The van der Waals surface area contributed by atoms with Crippen LogP contribution in [0.2, 0.25) is 0 Å². The molecule has 0 radical (unpaired) electrons. The smallest absolute Gasteiger partial charge is 0.000718 e. The van der Waals surface area contributed by atoms with E-state index in [2.05, 4.69) is 99.6 Å². The molecule has 0 aromatic heterocycles. The average molecular weight is 419 g/mol. The molecule has 0 spiro atoms. The number of hydrogen-bond donors (Lipinski definition) is 0. The Morgan fingerprint density at radius 2 is 0.939 bits per heavy atom. The third kappa shape index (κ3) is 1.95. The van der Waals surface area contributed by atoms with Crippen molar-refractivity contribution in [3.63, 3.8) is 0 Å². The van der Waals surface area contributed by atoms with Gasteiger partial charge in [-0.15, -0.1) is 0 Å². The highest BCUT2D eigenvalue weighted by Crippen LogP contribution is 2.53. The van der Waals surface area contributed by atoms with Gasteiger partial charge in [0.05, 0.1) is 0 Å². The summed E-state index contributed by atoms with van der Waals surface area (Å²) < 4.78 is 0. The van der Waals surface area contributed by atoms with Crippen LogP contribution in [0.5, 0.6) is 0 Å². The monoisotopic (exact) mass is 418 g/mol. The minimum atomic E-state index is 1.34. The fourth-order valence-electron chi connectivity index (χ4n) is 6.63. The summed E-state index contributed by atoms with van der Waals surface area (Å²) >= 11 is 0. The van der Waals surface area contributed by atoms with Crippen LogP contribution in [-0.4, -0.2) is 0 Å². The highest BCUT2D eigenvalue weighted by Gasteiger charge is 2.25. The third-order valence-corrected chi connectivity index (χ3v) is 8.16. The number of fused-ring (bicyclic) bond motifs is 8. The summed E-state index contributed by atoms with van der Waals surface area (Å²) in [5.41, 5.74) is 6.82. The largest absolute Gasteiger partial charge is 0.0613 e. The molecule has 0 amide bonds. The van der Waals surface area contributed by atoms with Gasteiger partial charge in [0.1, 0.15) is 0 Å². The van der Waals surface area contributed by atoms with E-state index in [4.69, 9.17) is 0 Å². The van der Waals surface area contributed by atoms with Gasteiger partial charge in [0.2, 0.25) is 0 Å². The summed E-state index contributed by atoms with van der Waals surface area (Å²) in [4.78, 5) is 0. The lowest BCUT2D eigenvalue weighted by Gasteiger charge is -2.16. The molecule has 154 valence electrons.